The van der Waals surface area contributed by atoms with Crippen LogP contribution in [-0.2, 0) is 0 Å². The van der Waals surface area contributed by atoms with Crippen molar-refractivity contribution in [2.75, 3.05) is 6.61 Å². The van der Waals surface area contributed by atoms with Gasteiger partial charge in [0.05, 0.1) is 6.61 Å². The highest BCUT2D eigenvalue weighted by molar-refractivity contribution is 6.30. The molecule has 0 saturated heterocycles. The molecule has 0 bridgehead atoms. The molecule has 0 spiro atoms. The number of ether oxygens (including phenoxy) is 1. The summed E-state index contributed by atoms with van der Waals surface area (Å²) in [4.78, 5) is 0. The summed E-state index contributed by atoms with van der Waals surface area (Å²) >= 11 is 5.82. The third kappa shape index (κ3) is 2.58. The molecule has 0 amide bonds. The largest absolute Gasteiger partial charge is 0.476 e. The van der Waals surface area contributed by atoms with E-state index in [-0.39, 0.29) is 0 Å². The third-order valence-electron chi connectivity index (χ3n) is 1.97. The lowest BCUT2D eigenvalue weighted by Crippen LogP contribution is -2.08. The van der Waals surface area contributed by atoms with E-state index in [0.29, 0.717) is 23.6 Å². The van der Waals surface area contributed by atoms with Gasteiger partial charge in [0.1, 0.15) is 0 Å². The molecule has 0 atom stereocenters. The third-order valence-corrected chi connectivity index (χ3v) is 2.33. The van der Waals surface area contributed by atoms with Crippen molar-refractivity contribution in [3.63, 3.8) is 0 Å². The lowest BCUT2D eigenvalue weighted by atomic mass is 10.2. The molecule has 0 aliphatic heterocycles. The Balaban J connectivity index is 2.83. The number of hydrogen-bond donors (Lipinski definition) is 0. The first-order valence-corrected chi connectivity index (χ1v) is 5.02. The number of rotatable bonds is 3. The Labute approximate surface area is 89.4 Å². The first-order chi connectivity index (χ1) is 6.52. The van der Waals surface area contributed by atoms with Crippen LogP contribution in [-0.4, -0.2) is 16.8 Å². The van der Waals surface area contributed by atoms with Crippen molar-refractivity contribution < 1.29 is 4.74 Å². The predicted octanol–water partition coefficient (Wildman–Crippen LogP) is 2.78. The maximum Gasteiger partial charge on any atom is 0.236 e. The van der Waals surface area contributed by atoms with Gasteiger partial charge in [-0.05, 0) is 25.3 Å². The molecule has 0 saturated carbocycles. The second-order valence-electron chi connectivity index (χ2n) is 3.75. The van der Waals surface area contributed by atoms with E-state index >= 15 is 0 Å². The molecule has 0 radical (unpaired) electrons. The van der Waals surface area contributed by atoms with Crippen molar-refractivity contribution in [2.24, 2.45) is 5.92 Å². The van der Waals surface area contributed by atoms with Gasteiger partial charge in [0.25, 0.3) is 0 Å². The zero-order valence-corrected chi connectivity index (χ0v) is 9.72. The Morgan fingerprint density at radius 2 is 1.86 bits per heavy atom. The fourth-order valence-corrected chi connectivity index (χ4v) is 1.12. The zero-order chi connectivity index (χ0) is 10.7. The van der Waals surface area contributed by atoms with Crippen LogP contribution in [0.3, 0.4) is 0 Å². The second-order valence-corrected chi connectivity index (χ2v) is 4.11. The Bertz CT molecular complexity index is 326. The minimum absolute atomic E-state index is 0.444. The van der Waals surface area contributed by atoms with Crippen molar-refractivity contribution in [1.82, 2.24) is 10.2 Å². The smallest absolute Gasteiger partial charge is 0.236 e. The fourth-order valence-electron chi connectivity index (χ4n) is 0.937. The molecule has 1 aromatic heterocycles. The summed E-state index contributed by atoms with van der Waals surface area (Å²) in [7, 11) is 0. The number of aromatic nitrogens is 2. The zero-order valence-electron chi connectivity index (χ0n) is 8.97. The Morgan fingerprint density at radius 3 is 2.43 bits per heavy atom. The highest BCUT2D eigenvalue weighted by atomic mass is 35.5. The Morgan fingerprint density at radius 1 is 1.21 bits per heavy atom. The molecule has 78 valence electrons. The van der Waals surface area contributed by atoms with E-state index in [4.69, 9.17) is 16.3 Å². The van der Waals surface area contributed by atoms with Gasteiger partial charge >= 0.3 is 0 Å². The first kappa shape index (κ1) is 11.2. The minimum atomic E-state index is 0.444. The van der Waals surface area contributed by atoms with Gasteiger partial charge in [-0.25, -0.2) is 0 Å². The molecule has 0 fully saturated rings. The summed E-state index contributed by atoms with van der Waals surface area (Å²) < 4.78 is 5.50. The van der Waals surface area contributed by atoms with Gasteiger partial charge in [0.2, 0.25) is 5.88 Å². The summed E-state index contributed by atoms with van der Waals surface area (Å²) in [6.07, 6.45) is 0. The van der Waals surface area contributed by atoms with Crippen LogP contribution in [0, 0.1) is 19.8 Å². The molecular weight excluding hydrogens is 200 g/mol. The van der Waals surface area contributed by atoms with Gasteiger partial charge < -0.3 is 4.74 Å². The quantitative estimate of drug-likeness (QED) is 0.776. The molecule has 0 aliphatic rings. The highest BCUT2D eigenvalue weighted by Crippen LogP contribution is 2.22. The molecular formula is C10H15ClN2O. The van der Waals surface area contributed by atoms with Crippen LogP contribution < -0.4 is 4.74 Å². The van der Waals surface area contributed by atoms with E-state index in [2.05, 4.69) is 24.0 Å². The standard InChI is InChI=1S/C10H15ClN2O/c1-6(2)5-14-10-8(4)7(3)9(11)12-13-10/h6H,5H2,1-4H3. The fraction of sp³-hybridized carbons (Fsp3) is 0.600. The van der Waals surface area contributed by atoms with E-state index in [1.165, 1.54) is 0 Å². The number of nitrogens with zero attached hydrogens (tertiary/aromatic N) is 2. The highest BCUT2D eigenvalue weighted by Gasteiger charge is 2.09. The van der Waals surface area contributed by atoms with Crippen molar-refractivity contribution in [3.8, 4) is 5.88 Å². The van der Waals surface area contributed by atoms with E-state index < -0.39 is 0 Å². The van der Waals surface area contributed by atoms with Crippen molar-refractivity contribution in [1.29, 1.82) is 0 Å². The van der Waals surface area contributed by atoms with Gasteiger partial charge in [-0.3, -0.25) is 0 Å². The predicted molar refractivity (Wildman–Crippen MR) is 56.8 cm³/mol. The van der Waals surface area contributed by atoms with Crippen LogP contribution in [0.15, 0.2) is 0 Å². The number of halogens is 1. The summed E-state index contributed by atoms with van der Waals surface area (Å²) in [5.41, 5.74) is 1.89. The maximum atomic E-state index is 5.82. The molecule has 1 heterocycles. The molecule has 0 aliphatic carbocycles. The molecule has 4 heteroatoms. The first-order valence-electron chi connectivity index (χ1n) is 4.64. The maximum absolute atomic E-state index is 5.82. The van der Waals surface area contributed by atoms with E-state index in [1.54, 1.807) is 0 Å². The molecule has 0 unspecified atom stereocenters. The van der Waals surface area contributed by atoms with Gasteiger partial charge in [0.15, 0.2) is 5.15 Å². The van der Waals surface area contributed by atoms with Crippen LogP contribution in [0.25, 0.3) is 0 Å². The van der Waals surface area contributed by atoms with Crippen molar-refractivity contribution >= 4 is 11.6 Å². The van der Waals surface area contributed by atoms with Crippen LogP contribution in [0.2, 0.25) is 5.15 Å². The summed E-state index contributed by atoms with van der Waals surface area (Å²) in [5, 5.41) is 8.16. The average Bonchev–Trinajstić information content (AvgIpc) is 2.13. The average molecular weight is 215 g/mol. The number of hydrogen-bond acceptors (Lipinski definition) is 3. The second kappa shape index (κ2) is 4.60. The molecule has 1 rings (SSSR count). The Hall–Kier alpha value is -0.830. The molecule has 1 aromatic rings. The molecule has 14 heavy (non-hydrogen) atoms. The van der Waals surface area contributed by atoms with Crippen LogP contribution >= 0.6 is 11.6 Å². The van der Waals surface area contributed by atoms with Gasteiger partial charge in [0, 0.05) is 5.56 Å². The van der Waals surface area contributed by atoms with E-state index in [0.717, 1.165) is 11.1 Å². The Kier molecular flexibility index (Phi) is 3.69. The van der Waals surface area contributed by atoms with E-state index in [1.807, 2.05) is 13.8 Å². The SMILES string of the molecule is Cc1c(Cl)nnc(OCC(C)C)c1C. The topological polar surface area (TPSA) is 35.0 Å². The molecule has 0 N–H and O–H groups in total. The van der Waals surface area contributed by atoms with Gasteiger partial charge in [-0.15, -0.1) is 10.2 Å². The lowest BCUT2D eigenvalue weighted by molar-refractivity contribution is 0.256. The van der Waals surface area contributed by atoms with Crippen molar-refractivity contribution in [2.45, 2.75) is 27.7 Å². The van der Waals surface area contributed by atoms with Gasteiger partial charge in [-0.1, -0.05) is 25.4 Å². The normalized spacial score (nSPS) is 10.7. The lowest BCUT2D eigenvalue weighted by Gasteiger charge is -2.10. The van der Waals surface area contributed by atoms with Gasteiger partial charge in [-0.2, -0.15) is 0 Å². The van der Waals surface area contributed by atoms with Crippen LogP contribution in [0.4, 0.5) is 0 Å². The molecule has 3 nitrogen and oxygen atoms in total. The molecule has 0 aromatic carbocycles. The summed E-state index contributed by atoms with van der Waals surface area (Å²) in [5.74, 6) is 1.06. The monoisotopic (exact) mass is 214 g/mol. The van der Waals surface area contributed by atoms with E-state index in [9.17, 15) is 0 Å². The summed E-state index contributed by atoms with van der Waals surface area (Å²) in [6.45, 7) is 8.67. The summed E-state index contributed by atoms with van der Waals surface area (Å²) in [6, 6.07) is 0. The minimum Gasteiger partial charge on any atom is -0.476 e. The van der Waals surface area contributed by atoms with Crippen molar-refractivity contribution in [3.05, 3.63) is 16.3 Å². The van der Waals surface area contributed by atoms with Crippen LogP contribution in [0.1, 0.15) is 25.0 Å². The van der Waals surface area contributed by atoms with Crippen LogP contribution in [0.5, 0.6) is 5.88 Å².